The Hall–Kier alpha value is -1.58. The fraction of sp³-hybridized carbons (Fsp3) is 0.778. The molecule has 0 aliphatic carbocycles. The maximum atomic E-state index is 12.2. The Morgan fingerprint density at radius 1 is 0.806 bits per heavy atom. The first kappa shape index (κ1) is 29.4. The molecule has 4 nitrogen and oxygen atoms in total. The number of aliphatic hydroxyl groups excluding tert-OH is 1. The molecular weight excluding hydrogens is 388 g/mol. The van der Waals surface area contributed by atoms with Crippen molar-refractivity contribution in [1.29, 1.82) is 0 Å². The van der Waals surface area contributed by atoms with Crippen LogP contribution in [0.2, 0.25) is 0 Å². The smallest absolute Gasteiger partial charge is 0.316 e. The molecule has 0 bridgehead atoms. The topological polar surface area (TPSA) is 63.6 Å². The van der Waals surface area contributed by atoms with Crippen molar-refractivity contribution < 1.29 is 19.4 Å². The summed E-state index contributed by atoms with van der Waals surface area (Å²) in [4.78, 5) is 24.3. The molecular formula is C27H48O4. The van der Waals surface area contributed by atoms with Gasteiger partial charge >= 0.3 is 5.97 Å². The number of hydrogen-bond acceptors (Lipinski definition) is 4. The van der Waals surface area contributed by atoms with E-state index in [4.69, 9.17) is 4.74 Å². The standard InChI is InChI=1S/C27H48O4/c1-5-7-8-9-10-11-12-13-14-15-16-17-18-19-24(28)22-26(29)25(21-20-23(3)4)27(30)31-6-2/h20,22,25,29H,5-19,21H2,1-4H3/b26-22+. The van der Waals surface area contributed by atoms with Crippen LogP contribution in [-0.2, 0) is 14.3 Å². The lowest BCUT2D eigenvalue weighted by Crippen LogP contribution is -2.20. The lowest BCUT2D eigenvalue weighted by molar-refractivity contribution is -0.147. The predicted octanol–water partition coefficient (Wildman–Crippen LogP) is 8.01. The van der Waals surface area contributed by atoms with Crippen LogP contribution in [0.4, 0.5) is 0 Å². The molecule has 0 rings (SSSR count). The second-order valence-corrected chi connectivity index (χ2v) is 8.85. The SMILES string of the molecule is CCCCCCCCCCCCCCCC(=O)/C=C(/O)C(CC=C(C)C)C(=O)OCC. The zero-order chi connectivity index (χ0) is 23.3. The quantitative estimate of drug-likeness (QED) is 0.0690. The van der Waals surface area contributed by atoms with Gasteiger partial charge in [0, 0.05) is 12.5 Å². The van der Waals surface area contributed by atoms with E-state index < -0.39 is 11.9 Å². The summed E-state index contributed by atoms with van der Waals surface area (Å²) in [5.74, 6) is -1.59. The first-order valence-corrected chi connectivity index (χ1v) is 12.7. The third kappa shape index (κ3) is 17.8. The van der Waals surface area contributed by atoms with Gasteiger partial charge in [-0.3, -0.25) is 9.59 Å². The highest BCUT2D eigenvalue weighted by Crippen LogP contribution is 2.18. The molecule has 0 aliphatic rings. The minimum absolute atomic E-state index is 0.118. The van der Waals surface area contributed by atoms with Gasteiger partial charge < -0.3 is 9.84 Å². The Morgan fingerprint density at radius 2 is 1.29 bits per heavy atom. The molecule has 0 saturated heterocycles. The van der Waals surface area contributed by atoms with Gasteiger partial charge in [-0.05, 0) is 33.6 Å². The largest absolute Gasteiger partial charge is 0.511 e. The van der Waals surface area contributed by atoms with E-state index in [0.29, 0.717) is 12.8 Å². The molecule has 31 heavy (non-hydrogen) atoms. The van der Waals surface area contributed by atoms with Gasteiger partial charge in [-0.2, -0.15) is 0 Å². The molecule has 1 unspecified atom stereocenters. The molecule has 0 aromatic carbocycles. The van der Waals surface area contributed by atoms with Crippen molar-refractivity contribution in [1.82, 2.24) is 0 Å². The Bertz CT molecular complexity index is 529. The molecule has 1 atom stereocenters. The zero-order valence-corrected chi connectivity index (χ0v) is 20.7. The molecule has 0 fully saturated rings. The number of aliphatic hydroxyl groups is 1. The summed E-state index contributed by atoms with van der Waals surface area (Å²) in [5, 5.41) is 10.3. The predicted molar refractivity (Wildman–Crippen MR) is 130 cm³/mol. The summed E-state index contributed by atoms with van der Waals surface area (Å²) in [6.45, 7) is 8.11. The first-order chi connectivity index (χ1) is 14.9. The molecule has 0 aromatic heterocycles. The van der Waals surface area contributed by atoms with Crippen LogP contribution in [0.1, 0.15) is 124 Å². The number of rotatable bonds is 20. The third-order valence-electron chi connectivity index (χ3n) is 5.53. The molecule has 0 saturated carbocycles. The monoisotopic (exact) mass is 436 g/mol. The van der Waals surface area contributed by atoms with Gasteiger partial charge in [0.25, 0.3) is 0 Å². The lowest BCUT2D eigenvalue weighted by Gasteiger charge is -2.13. The number of hydrogen-bond donors (Lipinski definition) is 1. The highest BCUT2D eigenvalue weighted by atomic mass is 16.5. The van der Waals surface area contributed by atoms with E-state index in [2.05, 4.69) is 6.92 Å². The minimum atomic E-state index is -0.801. The van der Waals surface area contributed by atoms with E-state index in [1.165, 1.54) is 70.3 Å². The zero-order valence-electron chi connectivity index (χ0n) is 20.7. The van der Waals surface area contributed by atoms with Gasteiger partial charge in [0.15, 0.2) is 5.78 Å². The van der Waals surface area contributed by atoms with Crippen molar-refractivity contribution in [2.24, 2.45) is 5.92 Å². The molecule has 1 N–H and O–H groups in total. The Labute approximate surface area is 191 Å². The second kappa shape index (κ2) is 20.3. The van der Waals surface area contributed by atoms with E-state index in [1.54, 1.807) is 6.92 Å². The molecule has 0 aromatic rings. The summed E-state index contributed by atoms with van der Waals surface area (Å²) in [7, 11) is 0. The maximum Gasteiger partial charge on any atom is 0.316 e. The highest BCUT2D eigenvalue weighted by Gasteiger charge is 2.23. The molecule has 0 radical (unpaired) electrons. The second-order valence-electron chi connectivity index (χ2n) is 8.85. The maximum absolute atomic E-state index is 12.2. The fourth-order valence-corrected chi connectivity index (χ4v) is 3.59. The van der Waals surface area contributed by atoms with Crippen molar-refractivity contribution in [2.75, 3.05) is 6.61 Å². The van der Waals surface area contributed by atoms with E-state index >= 15 is 0 Å². The van der Waals surface area contributed by atoms with Crippen molar-refractivity contribution in [3.63, 3.8) is 0 Å². The Balaban J connectivity index is 4.00. The highest BCUT2D eigenvalue weighted by molar-refractivity contribution is 5.91. The van der Waals surface area contributed by atoms with Gasteiger partial charge in [0.05, 0.1) is 6.61 Å². The van der Waals surface area contributed by atoms with Crippen LogP contribution in [0.15, 0.2) is 23.5 Å². The van der Waals surface area contributed by atoms with Crippen LogP contribution in [0.3, 0.4) is 0 Å². The number of ketones is 1. The number of carbonyl (C=O) groups excluding carboxylic acids is 2. The molecule has 0 heterocycles. The summed E-state index contributed by atoms with van der Waals surface area (Å²) >= 11 is 0. The fourth-order valence-electron chi connectivity index (χ4n) is 3.59. The summed E-state index contributed by atoms with van der Waals surface area (Å²) < 4.78 is 5.04. The molecule has 180 valence electrons. The number of esters is 1. The van der Waals surface area contributed by atoms with E-state index in [9.17, 15) is 14.7 Å². The van der Waals surface area contributed by atoms with E-state index in [1.807, 2.05) is 19.9 Å². The number of unbranched alkanes of at least 4 members (excludes halogenated alkanes) is 12. The van der Waals surface area contributed by atoms with Crippen LogP contribution in [-0.4, -0.2) is 23.5 Å². The number of allylic oxidation sites excluding steroid dienone is 3. The first-order valence-electron chi connectivity index (χ1n) is 12.7. The van der Waals surface area contributed by atoms with Crippen LogP contribution in [0, 0.1) is 5.92 Å². The average Bonchev–Trinajstić information content (AvgIpc) is 2.71. The van der Waals surface area contributed by atoms with Gasteiger partial charge in [-0.1, -0.05) is 95.6 Å². The summed E-state index contributed by atoms with van der Waals surface area (Å²) in [6, 6.07) is 0. The Kier molecular flexibility index (Phi) is 19.3. The molecule has 4 heteroatoms. The van der Waals surface area contributed by atoms with Gasteiger partial charge in [-0.15, -0.1) is 0 Å². The van der Waals surface area contributed by atoms with Crippen LogP contribution in [0.5, 0.6) is 0 Å². The van der Waals surface area contributed by atoms with Gasteiger partial charge in [0.2, 0.25) is 0 Å². The average molecular weight is 437 g/mol. The van der Waals surface area contributed by atoms with Crippen molar-refractivity contribution in [3.8, 4) is 0 Å². The molecule has 0 aliphatic heterocycles. The van der Waals surface area contributed by atoms with Crippen LogP contribution in [0.25, 0.3) is 0 Å². The minimum Gasteiger partial charge on any atom is -0.511 e. The third-order valence-corrected chi connectivity index (χ3v) is 5.53. The Morgan fingerprint density at radius 3 is 1.74 bits per heavy atom. The molecule has 0 spiro atoms. The van der Waals surface area contributed by atoms with Crippen molar-refractivity contribution in [2.45, 2.75) is 124 Å². The van der Waals surface area contributed by atoms with Crippen molar-refractivity contribution >= 4 is 11.8 Å². The van der Waals surface area contributed by atoms with E-state index in [-0.39, 0.29) is 18.1 Å². The lowest BCUT2D eigenvalue weighted by atomic mass is 9.99. The molecule has 0 amide bonds. The van der Waals surface area contributed by atoms with Crippen LogP contribution < -0.4 is 0 Å². The van der Waals surface area contributed by atoms with Crippen molar-refractivity contribution in [3.05, 3.63) is 23.5 Å². The van der Waals surface area contributed by atoms with Gasteiger partial charge in [0.1, 0.15) is 11.7 Å². The summed E-state index contributed by atoms with van der Waals surface area (Å²) in [5.41, 5.74) is 1.06. The van der Waals surface area contributed by atoms with E-state index in [0.717, 1.165) is 24.8 Å². The normalized spacial score (nSPS) is 12.5. The van der Waals surface area contributed by atoms with Gasteiger partial charge in [-0.25, -0.2) is 0 Å². The number of ether oxygens (including phenoxy) is 1. The van der Waals surface area contributed by atoms with Crippen LogP contribution >= 0.6 is 0 Å². The number of carbonyl (C=O) groups is 2. The summed E-state index contributed by atoms with van der Waals surface area (Å²) in [6.07, 6.45) is 20.3.